The van der Waals surface area contributed by atoms with E-state index in [-0.39, 0.29) is 10.6 Å². The van der Waals surface area contributed by atoms with Crippen LogP contribution in [-0.4, -0.2) is 43.1 Å². The van der Waals surface area contributed by atoms with Crippen molar-refractivity contribution in [1.29, 1.82) is 0 Å². The number of non-ortho nitro benzene ring substituents is 1. The number of hydrogen-bond donors (Lipinski definition) is 0. The summed E-state index contributed by atoms with van der Waals surface area (Å²) in [5, 5.41) is 10.7. The quantitative estimate of drug-likeness (QED) is 0.624. The Morgan fingerprint density at radius 1 is 1.00 bits per heavy atom. The van der Waals surface area contributed by atoms with E-state index in [1.165, 1.54) is 5.69 Å². The van der Waals surface area contributed by atoms with Crippen molar-refractivity contribution in [1.82, 2.24) is 4.90 Å². The fourth-order valence-electron chi connectivity index (χ4n) is 2.94. The van der Waals surface area contributed by atoms with E-state index in [4.69, 9.17) is 4.74 Å². The first kappa shape index (κ1) is 16.3. The molecule has 1 heterocycles. The van der Waals surface area contributed by atoms with Gasteiger partial charge in [-0.25, -0.2) is 0 Å². The molecule has 0 aromatic heterocycles. The van der Waals surface area contributed by atoms with Crippen molar-refractivity contribution in [3.05, 3.63) is 64.2 Å². The third-order valence-electron chi connectivity index (χ3n) is 4.36. The lowest BCUT2D eigenvalue weighted by Gasteiger charge is -2.36. The Morgan fingerprint density at radius 3 is 2.17 bits per heavy atom. The number of hydrogen-bond acceptors (Lipinski definition) is 5. The van der Waals surface area contributed by atoms with E-state index < -0.39 is 0 Å². The van der Waals surface area contributed by atoms with Gasteiger partial charge in [0.2, 0.25) is 0 Å². The molecule has 2 aromatic rings. The van der Waals surface area contributed by atoms with Crippen LogP contribution in [0, 0.1) is 10.1 Å². The number of rotatable bonds is 5. The predicted octanol–water partition coefficient (Wildman–Crippen LogP) is 2.93. The van der Waals surface area contributed by atoms with E-state index in [2.05, 4.69) is 21.9 Å². The van der Waals surface area contributed by atoms with Gasteiger partial charge in [0.05, 0.1) is 12.0 Å². The van der Waals surface area contributed by atoms with Crippen LogP contribution in [0.3, 0.4) is 0 Å². The first-order chi connectivity index (χ1) is 11.7. The van der Waals surface area contributed by atoms with Crippen LogP contribution in [0.4, 0.5) is 11.4 Å². The maximum atomic E-state index is 10.7. The van der Waals surface area contributed by atoms with E-state index in [0.29, 0.717) is 0 Å². The molecule has 0 amide bonds. The molecular weight excluding hydrogens is 306 g/mol. The van der Waals surface area contributed by atoms with Crippen LogP contribution in [0.25, 0.3) is 0 Å². The van der Waals surface area contributed by atoms with Crippen LogP contribution < -0.4 is 9.64 Å². The van der Waals surface area contributed by atoms with Crippen molar-refractivity contribution < 1.29 is 9.66 Å². The van der Waals surface area contributed by atoms with Gasteiger partial charge in [-0.15, -0.1) is 0 Å². The van der Waals surface area contributed by atoms with Crippen LogP contribution in [0.5, 0.6) is 5.75 Å². The highest BCUT2D eigenvalue weighted by atomic mass is 16.6. The fraction of sp³-hybridized carbons (Fsp3) is 0.333. The highest BCUT2D eigenvalue weighted by molar-refractivity contribution is 5.49. The Balaban J connectivity index is 1.53. The normalized spacial score (nSPS) is 15.3. The maximum Gasteiger partial charge on any atom is 0.269 e. The minimum absolute atomic E-state index is 0.142. The summed E-state index contributed by atoms with van der Waals surface area (Å²) >= 11 is 0. The van der Waals surface area contributed by atoms with E-state index >= 15 is 0 Å². The molecule has 126 valence electrons. The lowest BCUT2D eigenvalue weighted by atomic mass is 10.1. The molecule has 0 bridgehead atoms. The number of nitro groups is 1. The number of nitro benzene ring substituents is 1. The van der Waals surface area contributed by atoms with Gasteiger partial charge >= 0.3 is 0 Å². The molecule has 1 fully saturated rings. The van der Waals surface area contributed by atoms with Gasteiger partial charge in [0.1, 0.15) is 5.75 Å². The Morgan fingerprint density at radius 2 is 1.62 bits per heavy atom. The van der Waals surface area contributed by atoms with E-state index in [1.54, 1.807) is 19.2 Å². The highest BCUT2D eigenvalue weighted by Crippen LogP contribution is 2.21. The molecule has 0 radical (unpaired) electrons. The van der Waals surface area contributed by atoms with Crippen LogP contribution in [-0.2, 0) is 6.54 Å². The van der Waals surface area contributed by atoms with Crippen molar-refractivity contribution >= 4 is 11.4 Å². The summed E-state index contributed by atoms with van der Waals surface area (Å²) in [5.41, 5.74) is 2.47. The molecular formula is C18H21N3O3. The van der Waals surface area contributed by atoms with Gasteiger partial charge in [-0.3, -0.25) is 15.0 Å². The number of benzene rings is 2. The summed E-state index contributed by atoms with van der Waals surface area (Å²) in [6.45, 7) is 4.72. The zero-order valence-corrected chi connectivity index (χ0v) is 13.7. The van der Waals surface area contributed by atoms with Crippen LogP contribution in [0.15, 0.2) is 48.5 Å². The van der Waals surface area contributed by atoms with E-state index in [1.807, 2.05) is 24.3 Å². The highest BCUT2D eigenvalue weighted by Gasteiger charge is 2.17. The SMILES string of the molecule is COc1ccc(N2CCN(Cc3ccc([N+](=O)[O-])cc3)CC2)cc1. The molecule has 1 aliphatic heterocycles. The van der Waals surface area contributed by atoms with Gasteiger partial charge in [-0.1, -0.05) is 12.1 Å². The monoisotopic (exact) mass is 327 g/mol. The summed E-state index contributed by atoms with van der Waals surface area (Å²) in [6.07, 6.45) is 0. The molecule has 1 saturated heterocycles. The zero-order chi connectivity index (χ0) is 16.9. The second kappa shape index (κ2) is 7.31. The average Bonchev–Trinajstić information content (AvgIpc) is 2.63. The second-order valence-electron chi connectivity index (χ2n) is 5.88. The van der Waals surface area contributed by atoms with Gasteiger partial charge in [0.15, 0.2) is 0 Å². The fourth-order valence-corrected chi connectivity index (χ4v) is 2.94. The van der Waals surface area contributed by atoms with E-state index in [9.17, 15) is 10.1 Å². The van der Waals surface area contributed by atoms with Gasteiger partial charge < -0.3 is 9.64 Å². The minimum Gasteiger partial charge on any atom is -0.497 e. The average molecular weight is 327 g/mol. The molecule has 0 N–H and O–H groups in total. The molecule has 3 rings (SSSR count). The second-order valence-corrected chi connectivity index (χ2v) is 5.88. The summed E-state index contributed by atoms with van der Waals surface area (Å²) < 4.78 is 5.19. The van der Waals surface area contributed by atoms with E-state index in [0.717, 1.165) is 44.0 Å². The van der Waals surface area contributed by atoms with Crippen molar-refractivity contribution in [3.8, 4) is 5.75 Å². The molecule has 6 heteroatoms. The van der Waals surface area contributed by atoms with Gasteiger partial charge in [0, 0.05) is 50.5 Å². The molecule has 0 aliphatic carbocycles. The van der Waals surface area contributed by atoms with Crippen molar-refractivity contribution in [2.45, 2.75) is 6.54 Å². The first-order valence-electron chi connectivity index (χ1n) is 8.00. The molecule has 6 nitrogen and oxygen atoms in total. The lowest BCUT2D eigenvalue weighted by molar-refractivity contribution is -0.384. The summed E-state index contributed by atoms with van der Waals surface area (Å²) in [4.78, 5) is 15.1. The Bertz CT molecular complexity index is 678. The van der Waals surface area contributed by atoms with Crippen LogP contribution in [0.1, 0.15) is 5.56 Å². The molecule has 0 atom stereocenters. The largest absolute Gasteiger partial charge is 0.497 e. The van der Waals surface area contributed by atoms with Crippen molar-refractivity contribution in [3.63, 3.8) is 0 Å². The Labute approximate surface area is 141 Å². The van der Waals surface area contributed by atoms with Crippen molar-refractivity contribution in [2.24, 2.45) is 0 Å². The number of methoxy groups -OCH3 is 1. The van der Waals surface area contributed by atoms with Crippen molar-refractivity contribution in [2.75, 3.05) is 38.2 Å². The standard InChI is InChI=1S/C18H21N3O3/c1-24-18-8-6-16(7-9-18)20-12-10-19(11-13-20)14-15-2-4-17(5-3-15)21(22)23/h2-9H,10-14H2,1H3. The third-order valence-corrected chi connectivity index (χ3v) is 4.36. The number of piperazine rings is 1. The lowest BCUT2D eigenvalue weighted by Crippen LogP contribution is -2.45. The molecule has 0 saturated carbocycles. The van der Waals surface area contributed by atoms with Gasteiger partial charge in [0.25, 0.3) is 5.69 Å². The van der Waals surface area contributed by atoms with Gasteiger partial charge in [-0.2, -0.15) is 0 Å². The molecule has 0 unspecified atom stereocenters. The number of nitrogens with zero attached hydrogens (tertiary/aromatic N) is 3. The summed E-state index contributed by atoms with van der Waals surface area (Å²) in [6, 6.07) is 15.0. The molecule has 0 spiro atoms. The maximum absolute atomic E-state index is 10.7. The topological polar surface area (TPSA) is 58.8 Å². The first-order valence-corrected chi connectivity index (χ1v) is 8.00. The molecule has 2 aromatic carbocycles. The number of ether oxygens (including phenoxy) is 1. The summed E-state index contributed by atoms with van der Waals surface area (Å²) in [5.74, 6) is 0.871. The molecule has 24 heavy (non-hydrogen) atoms. The minimum atomic E-state index is -0.364. The Kier molecular flexibility index (Phi) is 4.96. The summed E-state index contributed by atoms with van der Waals surface area (Å²) in [7, 11) is 1.67. The predicted molar refractivity (Wildman–Crippen MR) is 93.6 cm³/mol. The van der Waals surface area contributed by atoms with Gasteiger partial charge in [-0.05, 0) is 29.8 Å². The smallest absolute Gasteiger partial charge is 0.269 e. The third kappa shape index (κ3) is 3.83. The van der Waals surface area contributed by atoms with Crippen LogP contribution in [0.2, 0.25) is 0 Å². The van der Waals surface area contributed by atoms with Crippen LogP contribution >= 0.6 is 0 Å². The number of anilines is 1. The molecule has 1 aliphatic rings. The Hall–Kier alpha value is -2.60. The zero-order valence-electron chi connectivity index (χ0n) is 13.7.